The fourth-order valence-electron chi connectivity index (χ4n) is 2.93. The monoisotopic (exact) mass is 362 g/mol. The van der Waals surface area contributed by atoms with Crippen molar-refractivity contribution in [3.05, 3.63) is 77.1 Å². The summed E-state index contributed by atoms with van der Waals surface area (Å²) in [6.45, 7) is 5.54. The Morgan fingerprint density at radius 2 is 1.59 bits per heavy atom. The zero-order valence-electron chi connectivity index (χ0n) is 16.1. The second-order valence-corrected chi connectivity index (χ2v) is 6.56. The third-order valence-electron chi connectivity index (χ3n) is 4.25. The molecule has 0 bridgehead atoms. The molecule has 0 fully saturated rings. The van der Waals surface area contributed by atoms with E-state index in [0.29, 0.717) is 0 Å². The van der Waals surface area contributed by atoms with Gasteiger partial charge in [-0.05, 0) is 43.5 Å². The fourth-order valence-corrected chi connectivity index (χ4v) is 2.93. The molecule has 27 heavy (non-hydrogen) atoms. The van der Waals surface area contributed by atoms with Crippen LogP contribution in [0.25, 0.3) is 0 Å². The van der Waals surface area contributed by atoms with E-state index in [1.165, 1.54) is 16.7 Å². The SMILES string of the molecule is COc1cccc(CCNc2cc(NCc3cccc(C)c3)nc(C)n2)c1. The Morgan fingerprint density at radius 1 is 0.852 bits per heavy atom. The average molecular weight is 362 g/mol. The van der Waals surface area contributed by atoms with E-state index in [-0.39, 0.29) is 0 Å². The largest absolute Gasteiger partial charge is 0.497 e. The van der Waals surface area contributed by atoms with Crippen LogP contribution < -0.4 is 15.4 Å². The predicted molar refractivity (Wildman–Crippen MR) is 110 cm³/mol. The lowest BCUT2D eigenvalue weighted by molar-refractivity contribution is 0.414. The van der Waals surface area contributed by atoms with Crippen LogP contribution in [0, 0.1) is 13.8 Å². The second-order valence-electron chi connectivity index (χ2n) is 6.56. The number of ether oxygens (including phenoxy) is 1. The molecule has 0 spiro atoms. The summed E-state index contributed by atoms with van der Waals surface area (Å²) in [5.41, 5.74) is 3.72. The van der Waals surface area contributed by atoms with Crippen LogP contribution in [0.5, 0.6) is 5.75 Å². The summed E-state index contributed by atoms with van der Waals surface area (Å²) >= 11 is 0. The maximum absolute atomic E-state index is 5.27. The quantitative estimate of drug-likeness (QED) is 0.623. The zero-order valence-corrected chi connectivity index (χ0v) is 16.1. The number of methoxy groups -OCH3 is 1. The van der Waals surface area contributed by atoms with Crippen molar-refractivity contribution >= 4 is 11.6 Å². The van der Waals surface area contributed by atoms with Crippen LogP contribution in [0.1, 0.15) is 22.5 Å². The lowest BCUT2D eigenvalue weighted by Crippen LogP contribution is -2.09. The number of nitrogens with one attached hydrogen (secondary N) is 2. The Hall–Kier alpha value is -3.08. The molecule has 0 aliphatic heterocycles. The number of hydrogen-bond donors (Lipinski definition) is 2. The Kier molecular flexibility index (Phi) is 6.26. The molecule has 2 N–H and O–H groups in total. The molecule has 3 rings (SSSR count). The van der Waals surface area contributed by atoms with Crippen LogP contribution in [-0.4, -0.2) is 23.6 Å². The molecule has 0 radical (unpaired) electrons. The predicted octanol–water partition coefficient (Wildman–Crippen LogP) is 4.37. The standard InChI is InChI=1S/C22H26N4O/c1-16-6-4-8-19(12-16)15-24-22-14-21(25-17(2)26-22)23-11-10-18-7-5-9-20(13-18)27-3/h4-9,12-14H,10-11,15H2,1-3H3,(H2,23,24,25,26). The first-order valence-corrected chi connectivity index (χ1v) is 9.14. The van der Waals surface area contributed by atoms with E-state index >= 15 is 0 Å². The van der Waals surface area contributed by atoms with Gasteiger partial charge in [-0.2, -0.15) is 0 Å². The summed E-state index contributed by atoms with van der Waals surface area (Å²) in [5.74, 6) is 3.28. The minimum atomic E-state index is 0.737. The van der Waals surface area contributed by atoms with Gasteiger partial charge in [-0.15, -0.1) is 0 Å². The van der Waals surface area contributed by atoms with E-state index in [2.05, 4.69) is 63.9 Å². The minimum absolute atomic E-state index is 0.737. The molecular formula is C22H26N4O. The van der Waals surface area contributed by atoms with Gasteiger partial charge in [0.05, 0.1) is 7.11 Å². The maximum atomic E-state index is 5.27. The molecule has 0 atom stereocenters. The minimum Gasteiger partial charge on any atom is -0.497 e. The number of anilines is 2. The lowest BCUT2D eigenvalue weighted by Gasteiger charge is -2.11. The molecular weight excluding hydrogens is 336 g/mol. The molecule has 0 aliphatic rings. The van der Waals surface area contributed by atoms with Gasteiger partial charge in [-0.3, -0.25) is 0 Å². The maximum Gasteiger partial charge on any atom is 0.132 e. The highest BCUT2D eigenvalue weighted by Gasteiger charge is 2.03. The van der Waals surface area contributed by atoms with E-state index in [4.69, 9.17) is 4.74 Å². The summed E-state index contributed by atoms with van der Waals surface area (Å²) < 4.78 is 5.27. The van der Waals surface area contributed by atoms with E-state index in [1.807, 2.05) is 25.1 Å². The van der Waals surface area contributed by atoms with Gasteiger partial charge in [0.2, 0.25) is 0 Å². The van der Waals surface area contributed by atoms with Crippen LogP contribution in [0.3, 0.4) is 0 Å². The van der Waals surface area contributed by atoms with Crippen molar-refractivity contribution in [2.75, 3.05) is 24.3 Å². The Balaban J connectivity index is 1.57. The summed E-state index contributed by atoms with van der Waals surface area (Å²) in [4.78, 5) is 8.96. The zero-order chi connectivity index (χ0) is 19.1. The number of aryl methyl sites for hydroxylation is 2. The van der Waals surface area contributed by atoms with E-state index in [9.17, 15) is 0 Å². The van der Waals surface area contributed by atoms with Gasteiger partial charge < -0.3 is 15.4 Å². The molecule has 0 saturated carbocycles. The number of aromatic nitrogens is 2. The van der Waals surface area contributed by atoms with Crippen molar-refractivity contribution in [3.63, 3.8) is 0 Å². The number of nitrogens with zero attached hydrogens (tertiary/aromatic N) is 2. The van der Waals surface area contributed by atoms with Crippen LogP contribution in [0.2, 0.25) is 0 Å². The molecule has 5 heteroatoms. The number of rotatable bonds is 8. The van der Waals surface area contributed by atoms with Gasteiger partial charge in [-0.1, -0.05) is 42.0 Å². The van der Waals surface area contributed by atoms with Gasteiger partial charge in [0, 0.05) is 19.2 Å². The summed E-state index contributed by atoms with van der Waals surface area (Å²) in [7, 11) is 1.69. The van der Waals surface area contributed by atoms with Crippen molar-refractivity contribution in [1.82, 2.24) is 9.97 Å². The molecule has 0 unspecified atom stereocenters. The normalized spacial score (nSPS) is 10.5. The van der Waals surface area contributed by atoms with Crippen LogP contribution >= 0.6 is 0 Å². The third kappa shape index (κ3) is 5.71. The van der Waals surface area contributed by atoms with Gasteiger partial charge in [-0.25, -0.2) is 9.97 Å². The van der Waals surface area contributed by atoms with Gasteiger partial charge >= 0.3 is 0 Å². The van der Waals surface area contributed by atoms with Crippen molar-refractivity contribution in [2.45, 2.75) is 26.8 Å². The van der Waals surface area contributed by atoms with Crippen LogP contribution in [0.15, 0.2) is 54.6 Å². The summed E-state index contributed by atoms with van der Waals surface area (Å²) in [5, 5.41) is 6.77. The topological polar surface area (TPSA) is 59.1 Å². The molecule has 1 aromatic heterocycles. The lowest BCUT2D eigenvalue weighted by atomic mass is 10.1. The molecule has 140 valence electrons. The average Bonchev–Trinajstić information content (AvgIpc) is 2.66. The summed E-state index contributed by atoms with van der Waals surface area (Å²) in [6.07, 6.45) is 0.895. The second kappa shape index (κ2) is 9.03. The fraction of sp³-hybridized carbons (Fsp3) is 0.273. The van der Waals surface area contributed by atoms with Crippen molar-refractivity contribution < 1.29 is 4.74 Å². The van der Waals surface area contributed by atoms with Crippen LogP contribution in [0.4, 0.5) is 11.6 Å². The highest BCUT2D eigenvalue weighted by Crippen LogP contribution is 2.15. The smallest absolute Gasteiger partial charge is 0.132 e. The van der Waals surface area contributed by atoms with Gasteiger partial charge in [0.25, 0.3) is 0 Å². The van der Waals surface area contributed by atoms with Gasteiger partial charge in [0.1, 0.15) is 23.2 Å². The van der Waals surface area contributed by atoms with E-state index in [0.717, 1.165) is 42.7 Å². The summed E-state index contributed by atoms with van der Waals surface area (Å²) in [6, 6.07) is 18.5. The van der Waals surface area contributed by atoms with E-state index in [1.54, 1.807) is 7.11 Å². The Bertz CT molecular complexity index is 895. The molecule has 3 aromatic rings. The molecule has 2 aromatic carbocycles. The van der Waals surface area contributed by atoms with Crippen molar-refractivity contribution in [2.24, 2.45) is 0 Å². The first-order chi connectivity index (χ1) is 13.1. The molecule has 0 amide bonds. The molecule has 1 heterocycles. The Morgan fingerprint density at radius 3 is 2.37 bits per heavy atom. The highest BCUT2D eigenvalue weighted by molar-refractivity contribution is 5.48. The van der Waals surface area contributed by atoms with E-state index < -0.39 is 0 Å². The van der Waals surface area contributed by atoms with Crippen molar-refractivity contribution in [1.29, 1.82) is 0 Å². The number of benzene rings is 2. The number of hydrogen-bond acceptors (Lipinski definition) is 5. The molecule has 5 nitrogen and oxygen atoms in total. The molecule has 0 saturated heterocycles. The third-order valence-corrected chi connectivity index (χ3v) is 4.25. The first-order valence-electron chi connectivity index (χ1n) is 9.14. The van der Waals surface area contributed by atoms with Crippen molar-refractivity contribution in [3.8, 4) is 5.75 Å². The van der Waals surface area contributed by atoms with Crippen LogP contribution in [-0.2, 0) is 13.0 Å². The molecule has 0 aliphatic carbocycles. The highest BCUT2D eigenvalue weighted by atomic mass is 16.5. The van der Waals surface area contributed by atoms with Gasteiger partial charge in [0.15, 0.2) is 0 Å². The first kappa shape index (κ1) is 18.7. The Labute approximate surface area is 160 Å².